The summed E-state index contributed by atoms with van der Waals surface area (Å²) >= 11 is 1.68. The number of carbonyl (C=O) groups excluding carboxylic acids is 2. The van der Waals surface area contributed by atoms with E-state index < -0.39 is 0 Å². The summed E-state index contributed by atoms with van der Waals surface area (Å²) in [6.07, 6.45) is 6.32. The third kappa shape index (κ3) is 6.13. The van der Waals surface area contributed by atoms with Gasteiger partial charge in [0.05, 0.1) is 4.91 Å². The minimum atomic E-state index is -0.271. The number of hydrogen-bond donors (Lipinski definition) is 1. The zero-order valence-electron chi connectivity index (χ0n) is 21.0. The highest BCUT2D eigenvalue weighted by Crippen LogP contribution is 2.42. The van der Waals surface area contributed by atoms with Gasteiger partial charge in [0, 0.05) is 29.9 Å². The molecule has 1 N–H and O–H groups in total. The van der Waals surface area contributed by atoms with Crippen molar-refractivity contribution in [1.82, 2.24) is 10.2 Å². The van der Waals surface area contributed by atoms with Gasteiger partial charge >= 0.3 is 0 Å². The SMILES string of the molecule is Cc1ccc(CNC(=O)c2ccc(/C=C3\SC4CCCCC4N(Cc4ccc(F)cc4)C3=O)cc2)cc1. The largest absolute Gasteiger partial charge is 0.348 e. The highest BCUT2D eigenvalue weighted by molar-refractivity contribution is 8.04. The van der Waals surface area contributed by atoms with Crippen molar-refractivity contribution in [3.63, 3.8) is 0 Å². The van der Waals surface area contributed by atoms with Crippen LogP contribution in [0.2, 0.25) is 0 Å². The van der Waals surface area contributed by atoms with Gasteiger partial charge in [-0.25, -0.2) is 4.39 Å². The summed E-state index contributed by atoms with van der Waals surface area (Å²) in [5, 5.41) is 3.33. The van der Waals surface area contributed by atoms with Crippen LogP contribution < -0.4 is 5.32 Å². The van der Waals surface area contributed by atoms with Crippen LogP contribution in [0, 0.1) is 12.7 Å². The average molecular weight is 515 g/mol. The Labute approximate surface area is 222 Å². The van der Waals surface area contributed by atoms with Crippen molar-refractivity contribution >= 4 is 29.7 Å². The van der Waals surface area contributed by atoms with Crippen LogP contribution in [-0.4, -0.2) is 28.0 Å². The molecule has 6 heteroatoms. The first-order chi connectivity index (χ1) is 18.0. The van der Waals surface area contributed by atoms with Crippen LogP contribution in [0.3, 0.4) is 0 Å². The van der Waals surface area contributed by atoms with E-state index in [1.165, 1.54) is 24.1 Å². The first-order valence-corrected chi connectivity index (χ1v) is 13.7. The van der Waals surface area contributed by atoms with Gasteiger partial charge in [0.1, 0.15) is 5.82 Å². The molecule has 1 aliphatic heterocycles. The number of aryl methyl sites for hydroxylation is 1. The van der Waals surface area contributed by atoms with Gasteiger partial charge in [0.15, 0.2) is 0 Å². The zero-order valence-corrected chi connectivity index (χ0v) is 21.8. The molecule has 2 atom stereocenters. The van der Waals surface area contributed by atoms with E-state index in [1.54, 1.807) is 36.0 Å². The second-order valence-corrected chi connectivity index (χ2v) is 11.1. The number of benzene rings is 3. The number of fused-ring (bicyclic) bond motifs is 1. The molecule has 0 spiro atoms. The van der Waals surface area contributed by atoms with E-state index in [9.17, 15) is 14.0 Å². The molecular weight excluding hydrogens is 483 g/mol. The van der Waals surface area contributed by atoms with E-state index in [2.05, 4.69) is 5.32 Å². The van der Waals surface area contributed by atoms with E-state index >= 15 is 0 Å². The maximum Gasteiger partial charge on any atom is 0.260 e. The zero-order chi connectivity index (χ0) is 25.8. The number of amides is 2. The molecule has 190 valence electrons. The molecule has 0 bridgehead atoms. The fraction of sp³-hybridized carbons (Fsp3) is 0.290. The lowest BCUT2D eigenvalue weighted by atomic mass is 9.92. The van der Waals surface area contributed by atoms with Crippen LogP contribution in [0.1, 0.15) is 58.3 Å². The van der Waals surface area contributed by atoms with Crippen LogP contribution in [0.25, 0.3) is 6.08 Å². The lowest BCUT2D eigenvalue weighted by molar-refractivity contribution is -0.130. The van der Waals surface area contributed by atoms with E-state index in [0.29, 0.717) is 23.9 Å². The molecule has 37 heavy (non-hydrogen) atoms. The molecule has 3 aromatic carbocycles. The second-order valence-electron chi connectivity index (χ2n) is 9.87. The molecule has 0 aromatic heterocycles. The van der Waals surface area contributed by atoms with Crippen LogP contribution in [0.4, 0.5) is 4.39 Å². The predicted octanol–water partition coefficient (Wildman–Crippen LogP) is 6.49. The molecule has 1 aliphatic carbocycles. The Balaban J connectivity index is 1.29. The van der Waals surface area contributed by atoms with Crippen molar-refractivity contribution in [2.24, 2.45) is 0 Å². The number of halogens is 1. The number of thioether (sulfide) groups is 1. The molecule has 2 fully saturated rings. The summed E-state index contributed by atoms with van der Waals surface area (Å²) in [7, 11) is 0. The molecule has 1 saturated carbocycles. The molecular formula is C31H31FN2O2S. The van der Waals surface area contributed by atoms with Crippen LogP contribution >= 0.6 is 11.8 Å². The maximum absolute atomic E-state index is 13.6. The monoisotopic (exact) mass is 514 g/mol. The average Bonchev–Trinajstić information content (AvgIpc) is 2.92. The quantitative estimate of drug-likeness (QED) is 0.383. The fourth-order valence-corrected chi connectivity index (χ4v) is 6.49. The summed E-state index contributed by atoms with van der Waals surface area (Å²) in [6, 6.07) is 22.1. The number of nitrogens with one attached hydrogen (secondary N) is 1. The molecule has 5 rings (SSSR count). The highest BCUT2D eigenvalue weighted by atomic mass is 32.2. The maximum atomic E-state index is 13.6. The van der Waals surface area contributed by atoms with Crippen molar-refractivity contribution in [3.05, 3.63) is 111 Å². The topological polar surface area (TPSA) is 49.4 Å². The minimum Gasteiger partial charge on any atom is -0.348 e. The van der Waals surface area contributed by atoms with Gasteiger partial charge < -0.3 is 10.2 Å². The predicted molar refractivity (Wildman–Crippen MR) is 147 cm³/mol. The fourth-order valence-electron chi connectivity index (χ4n) is 5.02. The molecule has 2 amide bonds. The Kier molecular flexibility index (Phi) is 7.75. The van der Waals surface area contributed by atoms with Crippen LogP contribution in [0.15, 0.2) is 77.7 Å². The Bertz CT molecular complexity index is 1290. The number of nitrogens with zero attached hydrogens (tertiary/aromatic N) is 1. The third-order valence-corrected chi connectivity index (χ3v) is 8.53. The Hall–Kier alpha value is -3.38. The second kappa shape index (κ2) is 11.3. The van der Waals surface area contributed by atoms with Gasteiger partial charge in [-0.1, -0.05) is 66.9 Å². The van der Waals surface area contributed by atoms with Crippen molar-refractivity contribution in [3.8, 4) is 0 Å². The molecule has 1 heterocycles. The molecule has 2 aliphatic rings. The highest BCUT2D eigenvalue weighted by Gasteiger charge is 2.40. The summed E-state index contributed by atoms with van der Waals surface area (Å²) < 4.78 is 13.4. The van der Waals surface area contributed by atoms with Gasteiger partial charge in [-0.3, -0.25) is 9.59 Å². The Morgan fingerprint density at radius 3 is 2.38 bits per heavy atom. The van der Waals surface area contributed by atoms with Gasteiger partial charge in [-0.05, 0) is 66.8 Å². The summed E-state index contributed by atoms with van der Waals surface area (Å²) in [6.45, 7) is 3.00. The Morgan fingerprint density at radius 1 is 0.973 bits per heavy atom. The number of hydrogen-bond acceptors (Lipinski definition) is 3. The van der Waals surface area contributed by atoms with Gasteiger partial charge in [-0.15, -0.1) is 11.8 Å². The molecule has 3 aromatic rings. The van der Waals surface area contributed by atoms with Gasteiger partial charge in [0.2, 0.25) is 0 Å². The first kappa shape index (κ1) is 25.3. The summed E-state index contributed by atoms with van der Waals surface area (Å²) in [5.74, 6) is -0.372. The molecule has 4 nitrogen and oxygen atoms in total. The van der Waals surface area contributed by atoms with E-state index in [-0.39, 0.29) is 23.7 Å². The van der Waals surface area contributed by atoms with Crippen molar-refractivity contribution in [1.29, 1.82) is 0 Å². The number of carbonyl (C=O) groups is 2. The van der Waals surface area contributed by atoms with E-state index in [4.69, 9.17) is 0 Å². The Morgan fingerprint density at radius 2 is 1.65 bits per heavy atom. The normalized spacial score (nSPS) is 20.5. The van der Waals surface area contributed by atoms with Gasteiger partial charge in [0.25, 0.3) is 11.8 Å². The molecule has 0 radical (unpaired) electrons. The minimum absolute atomic E-state index is 0.0254. The van der Waals surface area contributed by atoms with Crippen LogP contribution in [0.5, 0.6) is 0 Å². The third-order valence-electron chi connectivity index (χ3n) is 7.13. The standard InChI is InChI=1S/C31H31FN2O2S/c1-21-6-8-23(9-7-21)19-33-30(35)25-14-10-22(11-15-25)18-29-31(36)34(20-24-12-16-26(32)17-13-24)27-4-2-3-5-28(27)37-29/h6-18,27-28H,2-5,19-20H2,1H3,(H,33,35)/b29-18-. The van der Waals surface area contributed by atoms with Gasteiger partial charge in [-0.2, -0.15) is 0 Å². The number of rotatable bonds is 6. The smallest absolute Gasteiger partial charge is 0.260 e. The summed E-state index contributed by atoms with van der Waals surface area (Å²) in [5.41, 5.74) is 4.65. The first-order valence-electron chi connectivity index (χ1n) is 12.8. The lowest BCUT2D eigenvalue weighted by Gasteiger charge is -2.44. The van der Waals surface area contributed by atoms with E-state index in [1.807, 2.05) is 54.3 Å². The van der Waals surface area contributed by atoms with Crippen molar-refractivity contribution in [2.45, 2.75) is 57.0 Å². The van der Waals surface area contributed by atoms with Crippen molar-refractivity contribution in [2.75, 3.05) is 0 Å². The molecule has 2 unspecified atom stereocenters. The van der Waals surface area contributed by atoms with Crippen LogP contribution in [-0.2, 0) is 17.9 Å². The molecule has 1 saturated heterocycles. The lowest BCUT2D eigenvalue weighted by Crippen LogP contribution is -2.50. The summed E-state index contributed by atoms with van der Waals surface area (Å²) in [4.78, 5) is 28.9. The van der Waals surface area contributed by atoms with Crippen molar-refractivity contribution < 1.29 is 14.0 Å². The van der Waals surface area contributed by atoms with E-state index in [0.717, 1.165) is 40.9 Å².